The first-order valence-corrected chi connectivity index (χ1v) is 11.4. The van der Waals surface area contributed by atoms with Gasteiger partial charge in [-0.25, -0.2) is 0 Å². The summed E-state index contributed by atoms with van der Waals surface area (Å²) in [6.45, 7) is 5.87. The van der Waals surface area contributed by atoms with Gasteiger partial charge >= 0.3 is 0 Å². The Bertz CT molecular complexity index is 1340. The first-order chi connectivity index (χ1) is 16.8. The van der Waals surface area contributed by atoms with E-state index in [0.29, 0.717) is 17.1 Å². The van der Waals surface area contributed by atoms with E-state index in [0.717, 1.165) is 27.8 Å². The number of aryl methyl sites for hydroxylation is 3. The topological polar surface area (TPSA) is 76.1 Å². The van der Waals surface area contributed by atoms with Crippen LogP contribution in [0.2, 0.25) is 0 Å². The smallest absolute Gasteiger partial charge is 0.295 e. The molecule has 0 spiro atoms. The van der Waals surface area contributed by atoms with Crippen LogP contribution in [0.15, 0.2) is 66.2 Å². The van der Waals surface area contributed by atoms with E-state index in [2.05, 4.69) is 0 Å². The maximum Gasteiger partial charge on any atom is 0.295 e. The van der Waals surface area contributed by atoms with Crippen molar-refractivity contribution >= 4 is 17.4 Å². The molecule has 180 valence electrons. The molecular formula is C29H29NO5. The predicted molar refractivity (Wildman–Crippen MR) is 134 cm³/mol. The molecule has 1 fully saturated rings. The van der Waals surface area contributed by atoms with Gasteiger partial charge < -0.3 is 19.5 Å². The molecule has 0 aromatic heterocycles. The molecule has 0 saturated carbocycles. The minimum atomic E-state index is -0.773. The monoisotopic (exact) mass is 471 g/mol. The van der Waals surface area contributed by atoms with Crippen molar-refractivity contribution < 1.29 is 24.2 Å². The van der Waals surface area contributed by atoms with Gasteiger partial charge in [-0.3, -0.25) is 9.59 Å². The summed E-state index contributed by atoms with van der Waals surface area (Å²) in [5.41, 5.74) is 4.64. The Morgan fingerprint density at radius 2 is 1.66 bits per heavy atom. The Hall–Kier alpha value is -4.06. The Kier molecular flexibility index (Phi) is 6.65. The summed E-state index contributed by atoms with van der Waals surface area (Å²) in [6.07, 6.45) is 0. The number of carbonyl (C=O) groups is 2. The van der Waals surface area contributed by atoms with Crippen LogP contribution in [0.1, 0.15) is 39.4 Å². The molecule has 6 heteroatoms. The summed E-state index contributed by atoms with van der Waals surface area (Å²) in [6, 6.07) is 17.9. The number of aliphatic hydroxyl groups is 1. The van der Waals surface area contributed by atoms with Crippen molar-refractivity contribution in [1.82, 2.24) is 4.90 Å². The van der Waals surface area contributed by atoms with Crippen LogP contribution in [0.4, 0.5) is 0 Å². The zero-order chi connectivity index (χ0) is 25.3. The van der Waals surface area contributed by atoms with E-state index < -0.39 is 17.7 Å². The predicted octanol–water partition coefficient (Wildman–Crippen LogP) is 5.25. The first-order valence-electron chi connectivity index (χ1n) is 11.4. The maximum absolute atomic E-state index is 13.4. The highest BCUT2D eigenvalue weighted by molar-refractivity contribution is 6.46. The fraction of sp³-hybridized carbons (Fsp3) is 0.241. The van der Waals surface area contributed by atoms with Crippen molar-refractivity contribution in [3.63, 3.8) is 0 Å². The van der Waals surface area contributed by atoms with E-state index in [9.17, 15) is 14.7 Å². The van der Waals surface area contributed by atoms with Gasteiger partial charge in [0.1, 0.15) is 17.3 Å². The summed E-state index contributed by atoms with van der Waals surface area (Å²) in [5.74, 6) is -0.571. The average Bonchev–Trinajstić information content (AvgIpc) is 3.08. The number of rotatable bonds is 6. The lowest BCUT2D eigenvalue weighted by Crippen LogP contribution is -2.29. The van der Waals surface area contributed by atoms with Gasteiger partial charge in [0.05, 0.1) is 37.9 Å². The van der Waals surface area contributed by atoms with E-state index in [4.69, 9.17) is 9.47 Å². The number of carbonyl (C=O) groups excluding carboxylic acids is 2. The van der Waals surface area contributed by atoms with Gasteiger partial charge in [0.25, 0.3) is 11.7 Å². The molecule has 1 amide bonds. The molecule has 0 aliphatic carbocycles. The normalized spacial score (nSPS) is 17.1. The van der Waals surface area contributed by atoms with Gasteiger partial charge in [0, 0.05) is 5.56 Å². The number of benzene rings is 3. The molecule has 1 unspecified atom stereocenters. The van der Waals surface area contributed by atoms with Gasteiger partial charge in [0.2, 0.25) is 0 Å². The molecule has 4 rings (SSSR count). The van der Waals surface area contributed by atoms with Gasteiger partial charge in [-0.05, 0) is 49.6 Å². The van der Waals surface area contributed by atoms with Crippen LogP contribution in [-0.4, -0.2) is 35.9 Å². The Morgan fingerprint density at radius 1 is 0.914 bits per heavy atom. The van der Waals surface area contributed by atoms with Crippen LogP contribution < -0.4 is 9.47 Å². The number of ketones is 1. The second-order valence-electron chi connectivity index (χ2n) is 8.82. The van der Waals surface area contributed by atoms with Gasteiger partial charge in [-0.2, -0.15) is 0 Å². The third-order valence-corrected chi connectivity index (χ3v) is 6.31. The van der Waals surface area contributed by atoms with Crippen LogP contribution in [0.5, 0.6) is 11.5 Å². The first kappa shape index (κ1) is 24.1. The maximum atomic E-state index is 13.4. The molecule has 1 aliphatic rings. The molecule has 0 radical (unpaired) electrons. The van der Waals surface area contributed by atoms with Crippen LogP contribution in [0, 0.1) is 20.8 Å². The lowest BCUT2D eigenvalue weighted by atomic mass is 9.93. The number of methoxy groups -OCH3 is 2. The third kappa shape index (κ3) is 4.39. The van der Waals surface area contributed by atoms with Crippen LogP contribution in [0.25, 0.3) is 5.76 Å². The number of hydrogen-bond donors (Lipinski definition) is 1. The van der Waals surface area contributed by atoms with Gasteiger partial charge in [0.15, 0.2) is 0 Å². The number of ether oxygens (including phenoxy) is 2. The lowest BCUT2D eigenvalue weighted by molar-refractivity contribution is -0.140. The second-order valence-corrected chi connectivity index (χ2v) is 8.82. The molecule has 35 heavy (non-hydrogen) atoms. The number of aliphatic hydroxyl groups excluding tert-OH is 1. The number of hydrogen-bond acceptors (Lipinski definition) is 5. The Labute approximate surface area is 205 Å². The minimum Gasteiger partial charge on any atom is -0.507 e. The molecule has 0 bridgehead atoms. The molecule has 1 atom stereocenters. The molecule has 6 nitrogen and oxygen atoms in total. The summed E-state index contributed by atoms with van der Waals surface area (Å²) < 4.78 is 11.0. The standard InChI is InChI=1S/C29H29NO5/c1-17-9-8-11-20(14-17)25-24(26(31)22-15-18(2)13-19(3)28(22)35-5)27(32)29(33)30(25)16-21-10-6-7-12-23(21)34-4/h6-15,25,31H,16H2,1-5H3/b26-24+. The summed E-state index contributed by atoms with van der Waals surface area (Å²) in [5, 5.41) is 11.5. The number of nitrogens with zero attached hydrogens (tertiary/aromatic N) is 1. The van der Waals surface area contributed by atoms with E-state index in [1.54, 1.807) is 13.2 Å². The van der Waals surface area contributed by atoms with Crippen LogP contribution in [0.3, 0.4) is 0 Å². The Balaban J connectivity index is 1.95. The van der Waals surface area contributed by atoms with Gasteiger partial charge in [-0.15, -0.1) is 0 Å². The third-order valence-electron chi connectivity index (χ3n) is 6.31. The molecule has 1 heterocycles. The number of likely N-dealkylation sites (tertiary alicyclic amines) is 1. The molecule has 1 N–H and O–H groups in total. The van der Waals surface area contributed by atoms with E-state index in [1.165, 1.54) is 12.0 Å². The minimum absolute atomic E-state index is 0.0406. The summed E-state index contributed by atoms with van der Waals surface area (Å²) >= 11 is 0. The molecule has 1 aliphatic heterocycles. The lowest BCUT2D eigenvalue weighted by Gasteiger charge is -2.26. The zero-order valence-electron chi connectivity index (χ0n) is 20.6. The SMILES string of the molecule is COc1ccccc1CN1C(=O)C(=O)/C(=C(/O)c2cc(C)cc(C)c2OC)C1c1cccc(C)c1. The molecule has 3 aromatic carbocycles. The highest BCUT2D eigenvalue weighted by atomic mass is 16.5. The van der Waals surface area contributed by atoms with E-state index >= 15 is 0 Å². The fourth-order valence-electron chi connectivity index (χ4n) is 4.79. The average molecular weight is 472 g/mol. The molecular weight excluding hydrogens is 442 g/mol. The van der Waals surface area contributed by atoms with Crippen molar-refractivity contribution in [1.29, 1.82) is 0 Å². The zero-order valence-corrected chi connectivity index (χ0v) is 20.6. The van der Waals surface area contributed by atoms with Crippen molar-refractivity contribution in [2.75, 3.05) is 14.2 Å². The van der Waals surface area contributed by atoms with Gasteiger partial charge in [-0.1, -0.05) is 54.1 Å². The highest BCUT2D eigenvalue weighted by Gasteiger charge is 2.46. The van der Waals surface area contributed by atoms with Crippen molar-refractivity contribution in [3.8, 4) is 11.5 Å². The van der Waals surface area contributed by atoms with Crippen LogP contribution >= 0.6 is 0 Å². The molecule has 3 aromatic rings. The highest BCUT2D eigenvalue weighted by Crippen LogP contribution is 2.43. The fourth-order valence-corrected chi connectivity index (χ4v) is 4.79. The van der Waals surface area contributed by atoms with Crippen LogP contribution in [-0.2, 0) is 16.1 Å². The van der Waals surface area contributed by atoms with E-state index in [1.807, 2.05) is 75.4 Å². The largest absolute Gasteiger partial charge is 0.507 e. The Morgan fingerprint density at radius 3 is 2.34 bits per heavy atom. The second kappa shape index (κ2) is 9.66. The number of Topliss-reactive ketones (excluding diaryl/α,β-unsaturated/α-hetero) is 1. The quantitative estimate of drug-likeness (QED) is 0.302. The summed E-state index contributed by atoms with van der Waals surface area (Å²) in [4.78, 5) is 28.3. The summed E-state index contributed by atoms with van der Waals surface area (Å²) in [7, 11) is 3.09. The number of para-hydroxylation sites is 1. The van der Waals surface area contributed by atoms with Crippen molar-refractivity contribution in [3.05, 3.63) is 99.6 Å². The van der Waals surface area contributed by atoms with Crippen molar-refractivity contribution in [2.24, 2.45) is 0 Å². The number of amides is 1. The van der Waals surface area contributed by atoms with E-state index in [-0.39, 0.29) is 17.9 Å². The molecule has 1 saturated heterocycles. The van der Waals surface area contributed by atoms with Crippen molar-refractivity contribution in [2.45, 2.75) is 33.4 Å².